The van der Waals surface area contributed by atoms with E-state index in [2.05, 4.69) is 10.3 Å². The maximum Gasteiger partial charge on any atom is 0.287 e. The number of nitrogens with one attached hydrogen (secondary N) is 1. The van der Waals surface area contributed by atoms with Crippen LogP contribution >= 0.6 is 23.4 Å². The lowest BCUT2D eigenvalue weighted by atomic mass is 10.2. The minimum Gasteiger partial charge on any atom is -0.351 e. The summed E-state index contributed by atoms with van der Waals surface area (Å²) in [6.07, 6.45) is 3.16. The Labute approximate surface area is 160 Å². The van der Waals surface area contributed by atoms with E-state index in [0.717, 1.165) is 23.0 Å². The standard InChI is InChI=1S/C19H16ClN3O2S/c20-16-9-5-4-6-14(16)12-22-17(24)13-26-18-19(25)23(11-10-21-18)15-7-2-1-3-8-15/h1-11H,12-13H2,(H,22,24). The lowest BCUT2D eigenvalue weighted by Crippen LogP contribution is -2.26. The van der Waals surface area contributed by atoms with Gasteiger partial charge in [0.25, 0.3) is 5.56 Å². The summed E-state index contributed by atoms with van der Waals surface area (Å²) < 4.78 is 1.51. The zero-order chi connectivity index (χ0) is 18.4. The summed E-state index contributed by atoms with van der Waals surface area (Å²) in [4.78, 5) is 28.7. The first-order valence-corrected chi connectivity index (χ1v) is 9.27. The Morgan fingerprint density at radius 1 is 1.12 bits per heavy atom. The van der Waals surface area contributed by atoms with Gasteiger partial charge in [0.2, 0.25) is 5.91 Å². The van der Waals surface area contributed by atoms with Crippen LogP contribution in [0.2, 0.25) is 5.02 Å². The van der Waals surface area contributed by atoms with Crippen LogP contribution in [0.25, 0.3) is 5.69 Å². The van der Waals surface area contributed by atoms with Crippen molar-refractivity contribution < 1.29 is 4.79 Å². The van der Waals surface area contributed by atoms with E-state index in [1.807, 2.05) is 48.5 Å². The minimum absolute atomic E-state index is 0.103. The van der Waals surface area contributed by atoms with Crippen molar-refractivity contribution in [3.63, 3.8) is 0 Å². The average Bonchev–Trinajstić information content (AvgIpc) is 2.67. The third kappa shape index (κ3) is 4.53. The minimum atomic E-state index is -0.248. The van der Waals surface area contributed by atoms with E-state index >= 15 is 0 Å². The number of halogens is 1. The molecule has 26 heavy (non-hydrogen) atoms. The van der Waals surface area contributed by atoms with Gasteiger partial charge in [0.1, 0.15) is 0 Å². The van der Waals surface area contributed by atoms with Gasteiger partial charge in [-0.2, -0.15) is 0 Å². The van der Waals surface area contributed by atoms with Crippen molar-refractivity contribution in [1.82, 2.24) is 14.9 Å². The number of amides is 1. The first kappa shape index (κ1) is 18.2. The molecule has 0 unspecified atom stereocenters. The number of hydrogen-bond acceptors (Lipinski definition) is 4. The highest BCUT2D eigenvalue weighted by Gasteiger charge is 2.10. The lowest BCUT2D eigenvalue weighted by molar-refractivity contribution is -0.118. The SMILES string of the molecule is O=C(CSc1nccn(-c2ccccc2)c1=O)NCc1ccccc1Cl. The molecule has 0 aliphatic heterocycles. The molecule has 0 aliphatic rings. The topological polar surface area (TPSA) is 64.0 Å². The molecule has 132 valence electrons. The van der Waals surface area contributed by atoms with Gasteiger partial charge in [-0.15, -0.1) is 0 Å². The maximum absolute atomic E-state index is 12.5. The van der Waals surface area contributed by atoms with Gasteiger partial charge < -0.3 is 5.32 Å². The smallest absolute Gasteiger partial charge is 0.287 e. The van der Waals surface area contributed by atoms with Gasteiger partial charge in [-0.3, -0.25) is 14.2 Å². The predicted molar refractivity (Wildman–Crippen MR) is 104 cm³/mol. The Morgan fingerprint density at radius 2 is 1.85 bits per heavy atom. The molecule has 0 fully saturated rings. The van der Waals surface area contributed by atoms with Crippen LogP contribution in [0, 0.1) is 0 Å². The van der Waals surface area contributed by atoms with Gasteiger partial charge in [-0.1, -0.05) is 59.8 Å². The summed E-state index contributed by atoms with van der Waals surface area (Å²) in [6, 6.07) is 16.6. The first-order valence-electron chi connectivity index (χ1n) is 7.91. The average molecular weight is 386 g/mol. The molecule has 0 saturated heterocycles. The number of nitrogens with zero attached hydrogens (tertiary/aromatic N) is 2. The molecule has 5 nitrogen and oxygen atoms in total. The number of rotatable bonds is 6. The van der Waals surface area contributed by atoms with E-state index in [1.165, 1.54) is 4.57 Å². The fraction of sp³-hybridized carbons (Fsp3) is 0.105. The zero-order valence-corrected chi connectivity index (χ0v) is 15.3. The summed E-state index contributed by atoms with van der Waals surface area (Å²) in [5.74, 6) is -0.0860. The van der Waals surface area contributed by atoms with Gasteiger partial charge in [0, 0.05) is 29.6 Å². The molecule has 1 aromatic heterocycles. The van der Waals surface area contributed by atoms with E-state index in [1.54, 1.807) is 18.5 Å². The molecule has 1 amide bonds. The summed E-state index contributed by atoms with van der Waals surface area (Å²) >= 11 is 7.18. The molecule has 1 heterocycles. The van der Waals surface area contributed by atoms with Crippen molar-refractivity contribution in [2.45, 2.75) is 11.6 Å². The number of carbonyl (C=O) groups excluding carboxylic acids is 1. The Balaban J connectivity index is 1.62. The molecule has 3 aromatic rings. The van der Waals surface area contributed by atoms with Crippen molar-refractivity contribution in [2.75, 3.05) is 5.75 Å². The van der Waals surface area contributed by atoms with Gasteiger partial charge in [0.15, 0.2) is 5.03 Å². The van der Waals surface area contributed by atoms with Gasteiger partial charge in [0.05, 0.1) is 5.75 Å². The fourth-order valence-electron chi connectivity index (χ4n) is 2.31. The number of benzene rings is 2. The molecule has 0 bridgehead atoms. The lowest BCUT2D eigenvalue weighted by Gasteiger charge is -2.08. The second kappa shape index (κ2) is 8.69. The third-order valence-corrected chi connectivity index (χ3v) is 4.95. The summed E-state index contributed by atoms with van der Waals surface area (Å²) in [5.41, 5.74) is 1.35. The summed E-state index contributed by atoms with van der Waals surface area (Å²) in [5, 5.41) is 3.68. The molecule has 0 atom stereocenters. The van der Waals surface area contributed by atoms with Crippen LogP contribution in [0.1, 0.15) is 5.56 Å². The van der Waals surface area contributed by atoms with Crippen molar-refractivity contribution in [1.29, 1.82) is 0 Å². The van der Waals surface area contributed by atoms with Crippen LogP contribution in [-0.4, -0.2) is 21.2 Å². The van der Waals surface area contributed by atoms with Crippen LogP contribution in [0.5, 0.6) is 0 Å². The summed E-state index contributed by atoms with van der Waals surface area (Å²) in [6.45, 7) is 0.343. The molecule has 0 aliphatic carbocycles. The summed E-state index contributed by atoms with van der Waals surface area (Å²) in [7, 11) is 0. The van der Waals surface area contributed by atoms with Crippen molar-refractivity contribution in [3.05, 3.63) is 87.9 Å². The highest BCUT2D eigenvalue weighted by atomic mass is 35.5. The Bertz CT molecular complexity index is 960. The van der Waals surface area contributed by atoms with Crippen LogP contribution in [0.15, 0.2) is 76.8 Å². The Kier molecular flexibility index (Phi) is 6.09. The van der Waals surface area contributed by atoms with E-state index in [9.17, 15) is 9.59 Å². The largest absolute Gasteiger partial charge is 0.351 e. The van der Waals surface area contributed by atoms with Gasteiger partial charge in [-0.05, 0) is 23.8 Å². The van der Waals surface area contributed by atoms with Crippen molar-refractivity contribution in [3.8, 4) is 5.69 Å². The highest BCUT2D eigenvalue weighted by molar-refractivity contribution is 7.99. The molecule has 0 radical (unpaired) electrons. The number of thioether (sulfide) groups is 1. The normalized spacial score (nSPS) is 10.5. The molecular formula is C19H16ClN3O2S. The van der Waals surface area contributed by atoms with Crippen molar-refractivity contribution >= 4 is 29.3 Å². The maximum atomic E-state index is 12.5. The van der Waals surface area contributed by atoms with Crippen LogP contribution in [-0.2, 0) is 11.3 Å². The Morgan fingerprint density at radius 3 is 2.62 bits per heavy atom. The Hall–Kier alpha value is -2.57. The second-order valence-corrected chi connectivity index (χ2v) is 6.77. The molecule has 0 saturated carbocycles. The van der Waals surface area contributed by atoms with E-state index in [0.29, 0.717) is 11.6 Å². The van der Waals surface area contributed by atoms with E-state index in [4.69, 9.17) is 11.6 Å². The molecule has 1 N–H and O–H groups in total. The number of para-hydroxylation sites is 1. The fourth-order valence-corrected chi connectivity index (χ4v) is 3.23. The molecule has 7 heteroatoms. The monoisotopic (exact) mass is 385 g/mol. The molecular weight excluding hydrogens is 370 g/mol. The third-order valence-electron chi connectivity index (χ3n) is 3.62. The predicted octanol–water partition coefficient (Wildman–Crippen LogP) is 3.29. The molecule has 2 aromatic carbocycles. The zero-order valence-electron chi connectivity index (χ0n) is 13.8. The second-order valence-electron chi connectivity index (χ2n) is 5.40. The number of carbonyl (C=O) groups is 1. The quantitative estimate of drug-likeness (QED) is 0.661. The molecule has 0 spiro atoms. The van der Waals surface area contributed by atoms with E-state index < -0.39 is 0 Å². The molecule has 3 rings (SSSR count). The number of hydrogen-bond donors (Lipinski definition) is 1. The van der Waals surface area contributed by atoms with Gasteiger partial charge in [-0.25, -0.2) is 4.98 Å². The van der Waals surface area contributed by atoms with Crippen LogP contribution < -0.4 is 10.9 Å². The number of aromatic nitrogens is 2. The van der Waals surface area contributed by atoms with Gasteiger partial charge >= 0.3 is 0 Å². The van der Waals surface area contributed by atoms with E-state index in [-0.39, 0.29) is 22.2 Å². The van der Waals surface area contributed by atoms with Crippen LogP contribution in [0.4, 0.5) is 0 Å². The first-order chi connectivity index (χ1) is 12.6. The highest BCUT2D eigenvalue weighted by Crippen LogP contribution is 2.15. The van der Waals surface area contributed by atoms with Crippen LogP contribution in [0.3, 0.4) is 0 Å². The van der Waals surface area contributed by atoms with Crippen molar-refractivity contribution in [2.24, 2.45) is 0 Å².